The molecule has 1 aliphatic rings. The van der Waals surface area contributed by atoms with Crippen LogP contribution in [-0.2, 0) is 29.1 Å². The number of thioether (sulfide) groups is 1. The van der Waals surface area contributed by atoms with E-state index in [1.807, 2.05) is 13.0 Å². The Morgan fingerprint density at radius 3 is 1.44 bits per heavy atom. The third-order valence-electron chi connectivity index (χ3n) is 9.03. The van der Waals surface area contributed by atoms with Gasteiger partial charge >= 0.3 is 23.9 Å². The van der Waals surface area contributed by atoms with E-state index in [1.165, 1.54) is 11.8 Å². The third kappa shape index (κ3) is 9.89. The van der Waals surface area contributed by atoms with Gasteiger partial charge in [0.1, 0.15) is 18.1 Å². The Kier molecular flexibility index (Phi) is 12.5. The van der Waals surface area contributed by atoms with Crippen LogP contribution in [0.2, 0.25) is 0 Å². The molecule has 1 heterocycles. The van der Waals surface area contributed by atoms with E-state index in [0.29, 0.717) is 5.56 Å². The summed E-state index contributed by atoms with van der Waals surface area (Å²) in [5.41, 5.74) is 1.76. The average Bonchev–Trinajstić information content (AvgIpc) is 3.20. The predicted molar refractivity (Wildman–Crippen MR) is 208 cm³/mol. The second-order valence-corrected chi connectivity index (χ2v) is 15.2. The first-order chi connectivity index (χ1) is 26.5. The van der Waals surface area contributed by atoms with Crippen molar-refractivity contribution in [3.05, 3.63) is 173 Å². The number of rotatable bonds is 11. The molecular weight excluding hydrogens is 717 g/mol. The summed E-state index contributed by atoms with van der Waals surface area (Å²) in [5, 5.41) is 0. The van der Waals surface area contributed by atoms with Crippen LogP contribution in [-0.4, -0.2) is 60.3 Å². The maximum Gasteiger partial charge on any atom is 0.338 e. The number of aryl methyl sites for hydroxylation is 1. The Hall–Kier alpha value is -5.71. The summed E-state index contributed by atoms with van der Waals surface area (Å²) >= 11 is 1.27. The zero-order valence-corrected chi connectivity index (χ0v) is 31.8. The lowest BCUT2D eigenvalue weighted by molar-refractivity contribution is -0.207. The van der Waals surface area contributed by atoms with Crippen LogP contribution < -0.4 is 0 Å². The summed E-state index contributed by atoms with van der Waals surface area (Å²) in [7, 11) is 0. The Bertz CT molecular complexity index is 2080. The lowest BCUT2D eigenvalue weighted by Crippen LogP contribution is -2.61. The molecule has 9 nitrogen and oxygen atoms in total. The zero-order chi connectivity index (χ0) is 39.0. The number of carbonyl (C=O) groups is 4. The lowest BCUT2D eigenvalue weighted by Gasteiger charge is -2.44. The van der Waals surface area contributed by atoms with Crippen LogP contribution in [0.15, 0.2) is 144 Å². The fraction of sp³-hybridized carbons (Fsp3) is 0.244. The van der Waals surface area contributed by atoms with Gasteiger partial charge in [-0.15, -0.1) is 0 Å². The van der Waals surface area contributed by atoms with E-state index in [2.05, 4.69) is 32.9 Å². The molecule has 282 valence electrons. The predicted octanol–water partition coefficient (Wildman–Crippen LogP) is 8.64. The highest BCUT2D eigenvalue weighted by Gasteiger charge is 2.53. The molecule has 55 heavy (non-hydrogen) atoms. The second kappa shape index (κ2) is 17.6. The van der Waals surface area contributed by atoms with E-state index in [-0.39, 0.29) is 22.1 Å². The SMILES string of the molecule is Cc1ccc(C(C)(C)C)cc1SC1O[C@H](COC(=O)c2ccccc2)[C@@H](OC(=O)c2ccccc2)[C@H](OC(=O)c2ccccc2)[C@@H]1OC(=O)c1ccccc1. The van der Waals surface area contributed by atoms with Gasteiger partial charge in [0.25, 0.3) is 0 Å². The van der Waals surface area contributed by atoms with Crippen LogP contribution in [0.4, 0.5) is 0 Å². The monoisotopic (exact) mass is 758 g/mol. The van der Waals surface area contributed by atoms with Crippen LogP contribution in [0.1, 0.15) is 73.3 Å². The first-order valence-electron chi connectivity index (χ1n) is 17.9. The van der Waals surface area contributed by atoms with Gasteiger partial charge in [-0.25, -0.2) is 19.2 Å². The maximum absolute atomic E-state index is 13.9. The van der Waals surface area contributed by atoms with E-state index in [1.54, 1.807) is 121 Å². The van der Waals surface area contributed by atoms with Crippen molar-refractivity contribution in [3.8, 4) is 0 Å². The standard InChI is InChI=1S/C45H42O9S/c1-29-25-26-34(45(2,3)4)27-36(29)55-44-39(54-43(49)33-23-15-8-16-24-33)38(53-42(48)32-21-13-7-14-22-32)37(52-41(47)31-19-11-6-12-20-31)35(51-44)28-50-40(46)30-17-9-5-10-18-30/h5-27,35,37-39,44H,28H2,1-4H3/t35-,37-,38+,39+,44?/m1/s1. The van der Waals surface area contributed by atoms with Crippen molar-refractivity contribution < 1.29 is 42.9 Å². The van der Waals surface area contributed by atoms with Crippen molar-refractivity contribution in [2.45, 2.75) is 67.9 Å². The molecule has 0 N–H and O–H groups in total. The quantitative estimate of drug-likeness (QED) is 0.0958. The van der Waals surface area contributed by atoms with E-state index in [9.17, 15) is 19.2 Å². The van der Waals surface area contributed by atoms with E-state index < -0.39 is 60.3 Å². The Morgan fingerprint density at radius 1 is 0.564 bits per heavy atom. The number of ether oxygens (including phenoxy) is 5. The summed E-state index contributed by atoms with van der Waals surface area (Å²) in [6.45, 7) is 7.89. The molecule has 5 atom stereocenters. The molecule has 1 saturated heterocycles. The van der Waals surface area contributed by atoms with Gasteiger partial charge in [0.15, 0.2) is 18.3 Å². The highest BCUT2D eigenvalue weighted by atomic mass is 32.2. The highest BCUT2D eigenvalue weighted by Crippen LogP contribution is 2.40. The van der Waals surface area contributed by atoms with E-state index >= 15 is 0 Å². The summed E-state index contributed by atoms with van der Waals surface area (Å²) in [5.74, 6) is -2.83. The van der Waals surface area contributed by atoms with Crippen molar-refractivity contribution in [3.63, 3.8) is 0 Å². The van der Waals surface area contributed by atoms with Gasteiger partial charge in [0, 0.05) is 4.90 Å². The van der Waals surface area contributed by atoms with Crippen molar-refractivity contribution >= 4 is 35.6 Å². The van der Waals surface area contributed by atoms with Crippen molar-refractivity contribution in [1.82, 2.24) is 0 Å². The fourth-order valence-electron chi connectivity index (χ4n) is 5.94. The van der Waals surface area contributed by atoms with Gasteiger partial charge in [-0.2, -0.15) is 0 Å². The minimum Gasteiger partial charge on any atom is -0.459 e. The first kappa shape index (κ1) is 39.0. The maximum atomic E-state index is 13.9. The third-order valence-corrected chi connectivity index (χ3v) is 10.3. The normalized spacial score (nSPS) is 19.5. The first-order valence-corrected chi connectivity index (χ1v) is 18.8. The fourth-order valence-corrected chi connectivity index (χ4v) is 7.18. The van der Waals surface area contributed by atoms with Gasteiger partial charge in [0.2, 0.25) is 0 Å². The summed E-state index contributed by atoms with van der Waals surface area (Å²) in [6.07, 6.45) is -5.33. The molecule has 5 aromatic carbocycles. The topological polar surface area (TPSA) is 114 Å². The van der Waals surface area contributed by atoms with Crippen LogP contribution in [0.5, 0.6) is 0 Å². The zero-order valence-electron chi connectivity index (χ0n) is 31.0. The number of esters is 4. The van der Waals surface area contributed by atoms with E-state index in [0.717, 1.165) is 16.0 Å². The van der Waals surface area contributed by atoms with Crippen LogP contribution >= 0.6 is 11.8 Å². The summed E-state index contributed by atoms with van der Waals surface area (Å²) in [6, 6.07) is 39.6. The molecule has 1 fully saturated rings. The van der Waals surface area contributed by atoms with Crippen molar-refractivity contribution in [1.29, 1.82) is 0 Å². The number of carbonyl (C=O) groups excluding carboxylic acids is 4. The molecule has 6 rings (SSSR count). The molecule has 5 aromatic rings. The molecule has 0 aromatic heterocycles. The molecule has 0 bridgehead atoms. The van der Waals surface area contributed by atoms with Crippen molar-refractivity contribution in [2.24, 2.45) is 0 Å². The molecule has 0 saturated carbocycles. The van der Waals surface area contributed by atoms with Gasteiger partial charge in [0.05, 0.1) is 22.3 Å². The highest BCUT2D eigenvalue weighted by molar-refractivity contribution is 7.99. The second-order valence-electron chi connectivity index (χ2n) is 14.1. The minimum atomic E-state index is -1.43. The molecule has 1 unspecified atom stereocenters. The molecular formula is C45H42O9S. The van der Waals surface area contributed by atoms with Gasteiger partial charge in [-0.05, 0) is 78.1 Å². The Labute approximate surface area is 324 Å². The lowest BCUT2D eigenvalue weighted by atomic mass is 9.87. The molecule has 0 spiro atoms. The number of hydrogen-bond acceptors (Lipinski definition) is 10. The molecule has 0 amide bonds. The van der Waals surface area contributed by atoms with Crippen molar-refractivity contribution in [2.75, 3.05) is 6.61 Å². The Morgan fingerprint density at radius 2 is 0.982 bits per heavy atom. The average molecular weight is 759 g/mol. The largest absolute Gasteiger partial charge is 0.459 e. The summed E-state index contributed by atoms with van der Waals surface area (Å²) < 4.78 is 31.1. The number of benzene rings is 5. The molecule has 10 heteroatoms. The smallest absolute Gasteiger partial charge is 0.338 e. The summed E-state index contributed by atoms with van der Waals surface area (Å²) in [4.78, 5) is 55.6. The van der Waals surface area contributed by atoms with Gasteiger partial charge in [-0.1, -0.05) is 117 Å². The van der Waals surface area contributed by atoms with Crippen LogP contribution in [0.3, 0.4) is 0 Å². The molecule has 0 radical (unpaired) electrons. The van der Waals surface area contributed by atoms with Crippen LogP contribution in [0.25, 0.3) is 0 Å². The van der Waals surface area contributed by atoms with Gasteiger partial charge < -0.3 is 23.7 Å². The van der Waals surface area contributed by atoms with Gasteiger partial charge in [-0.3, -0.25) is 0 Å². The molecule has 1 aliphatic heterocycles. The van der Waals surface area contributed by atoms with Crippen LogP contribution in [0, 0.1) is 6.92 Å². The molecule has 0 aliphatic carbocycles. The minimum absolute atomic E-state index is 0.186. The van der Waals surface area contributed by atoms with E-state index in [4.69, 9.17) is 23.7 Å². The number of hydrogen-bond donors (Lipinski definition) is 0. The Balaban J connectivity index is 1.45.